The van der Waals surface area contributed by atoms with Gasteiger partial charge in [0.1, 0.15) is 10.6 Å². The van der Waals surface area contributed by atoms with Crippen molar-refractivity contribution in [2.45, 2.75) is 6.54 Å². The molecule has 1 aliphatic rings. The fourth-order valence-electron chi connectivity index (χ4n) is 4.30. The van der Waals surface area contributed by atoms with Crippen molar-refractivity contribution >= 4 is 39.0 Å². The highest BCUT2D eigenvalue weighted by Gasteiger charge is 2.24. The fourth-order valence-corrected chi connectivity index (χ4v) is 5.46. The van der Waals surface area contributed by atoms with E-state index in [4.69, 9.17) is 21.1 Å². The van der Waals surface area contributed by atoms with Gasteiger partial charge in [-0.2, -0.15) is 4.98 Å². The summed E-state index contributed by atoms with van der Waals surface area (Å²) in [5.74, 6) is 2.30. The van der Waals surface area contributed by atoms with Gasteiger partial charge < -0.3 is 14.4 Å². The Bertz CT molecular complexity index is 1260. The maximum absolute atomic E-state index is 6.33. The Morgan fingerprint density at radius 3 is 2.42 bits per heavy atom. The second-order valence-corrected chi connectivity index (χ2v) is 9.16. The Kier molecular flexibility index (Phi) is 6.35. The molecule has 0 bridgehead atoms. The summed E-state index contributed by atoms with van der Waals surface area (Å²) in [6.45, 7) is 4.67. The molecule has 0 atom stereocenters. The van der Waals surface area contributed by atoms with Crippen molar-refractivity contribution in [2.24, 2.45) is 0 Å². The van der Waals surface area contributed by atoms with Crippen LogP contribution in [0.1, 0.15) is 5.56 Å². The summed E-state index contributed by atoms with van der Waals surface area (Å²) in [6.07, 6.45) is 0. The number of fused-ring (bicyclic) bond motifs is 1. The van der Waals surface area contributed by atoms with E-state index in [1.807, 2.05) is 18.2 Å². The molecule has 5 rings (SSSR count). The van der Waals surface area contributed by atoms with Crippen molar-refractivity contribution in [3.63, 3.8) is 0 Å². The standard InChI is InChI=1S/C25H25ClN4O2S/c1-31-20-9-8-18(14-21(20)32-2)19-16-33-24-22(19)23(27-25(26)28-24)30-12-10-29(11-13-30)15-17-6-4-3-5-7-17/h3-9,14,16H,10-13,15H2,1-2H3. The third kappa shape index (κ3) is 4.49. The number of benzene rings is 2. The van der Waals surface area contributed by atoms with Crippen molar-refractivity contribution < 1.29 is 9.47 Å². The van der Waals surface area contributed by atoms with Gasteiger partial charge in [-0.15, -0.1) is 11.3 Å². The van der Waals surface area contributed by atoms with Crippen LogP contribution < -0.4 is 14.4 Å². The molecule has 0 amide bonds. The summed E-state index contributed by atoms with van der Waals surface area (Å²) in [5.41, 5.74) is 3.45. The molecule has 2 aromatic carbocycles. The quantitative estimate of drug-likeness (QED) is 0.347. The number of hydrogen-bond donors (Lipinski definition) is 0. The topological polar surface area (TPSA) is 50.7 Å². The van der Waals surface area contributed by atoms with Gasteiger partial charge in [0.15, 0.2) is 11.5 Å². The molecule has 0 aliphatic carbocycles. The van der Waals surface area contributed by atoms with Crippen LogP contribution in [0.25, 0.3) is 21.3 Å². The van der Waals surface area contributed by atoms with Crippen LogP contribution in [-0.2, 0) is 6.54 Å². The highest BCUT2D eigenvalue weighted by Crippen LogP contribution is 2.41. The normalized spacial score (nSPS) is 14.6. The van der Waals surface area contributed by atoms with Crippen LogP contribution in [-0.4, -0.2) is 55.3 Å². The molecule has 6 nitrogen and oxygen atoms in total. The van der Waals surface area contributed by atoms with E-state index < -0.39 is 0 Å². The molecule has 33 heavy (non-hydrogen) atoms. The molecule has 0 spiro atoms. The number of methoxy groups -OCH3 is 2. The number of thiophene rings is 1. The summed E-state index contributed by atoms with van der Waals surface area (Å²) in [4.78, 5) is 14.9. The molecule has 0 unspecified atom stereocenters. The second-order valence-electron chi connectivity index (χ2n) is 7.96. The number of hydrogen-bond acceptors (Lipinski definition) is 7. The maximum atomic E-state index is 6.33. The highest BCUT2D eigenvalue weighted by atomic mass is 35.5. The summed E-state index contributed by atoms with van der Waals surface area (Å²) in [6, 6.07) is 16.6. The lowest BCUT2D eigenvalue weighted by atomic mass is 10.0. The Hall–Kier alpha value is -2.87. The molecule has 8 heteroatoms. The number of rotatable bonds is 6. The minimum absolute atomic E-state index is 0.282. The third-order valence-electron chi connectivity index (χ3n) is 6.00. The van der Waals surface area contributed by atoms with Crippen LogP contribution in [0.3, 0.4) is 0 Å². The zero-order chi connectivity index (χ0) is 22.8. The van der Waals surface area contributed by atoms with Gasteiger partial charge in [-0.05, 0) is 34.9 Å². The van der Waals surface area contributed by atoms with E-state index in [1.54, 1.807) is 25.6 Å². The van der Waals surface area contributed by atoms with Crippen molar-refractivity contribution in [3.05, 3.63) is 64.8 Å². The summed E-state index contributed by atoms with van der Waals surface area (Å²) in [7, 11) is 3.29. The monoisotopic (exact) mass is 480 g/mol. The first-order chi connectivity index (χ1) is 16.2. The number of anilines is 1. The molecule has 170 valence electrons. The number of piperazine rings is 1. The molecule has 4 aromatic rings. The first-order valence-electron chi connectivity index (χ1n) is 10.8. The highest BCUT2D eigenvalue weighted by molar-refractivity contribution is 7.17. The lowest BCUT2D eigenvalue weighted by Crippen LogP contribution is -2.46. The van der Waals surface area contributed by atoms with E-state index in [9.17, 15) is 0 Å². The van der Waals surface area contributed by atoms with Gasteiger partial charge in [0.05, 0.1) is 19.6 Å². The largest absolute Gasteiger partial charge is 0.493 e. The number of aromatic nitrogens is 2. The van der Waals surface area contributed by atoms with E-state index in [0.29, 0.717) is 11.5 Å². The van der Waals surface area contributed by atoms with Crippen LogP contribution in [0.15, 0.2) is 53.9 Å². The minimum atomic E-state index is 0.282. The fraction of sp³-hybridized carbons (Fsp3) is 0.280. The van der Waals surface area contributed by atoms with Crippen LogP contribution >= 0.6 is 22.9 Å². The molecule has 3 heterocycles. The predicted molar refractivity (Wildman–Crippen MR) is 135 cm³/mol. The number of ether oxygens (including phenoxy) is 2. The van der Waals surface area contributed by atoms with Crippen LogP contribution in [0.2, 0.25) is 5.28 Å². The Labute approximate surface area is 202 Å². The molecule has 0 N–H and O–H groups in total. The van der Waals surface area contributed by atoms with Gasteiger partial charge >= 0.3 is 0 Å². The Morgan fingerprint density at radius 2 is 1.70 bits per heavy atom. The molecule has 1 aliphatic heterocycles. The molecule has 1 saturated heterocycles. The molecular formula is C25H25ClN4O2S. The molecule has 1 fully saturated rings. The summed E-state index contributed by atoms with van der Waals surface area (Å²) < 4.78 is 10.9. The van der Waals surface area contributed by atoms with Crippen molar-refractivity contribution in [1.29, 1.82) is 0 Å². The Morgan fingerprint density at radius 1 is 0.939 bits per heavy atom. The number of halogens is 1. The van der Waals surface area contributed by atoms with Gasteiger partial charge in [0.25, 0.3) is 0 Å². The maximum Gasteiger partial charge on any atom is 0.225 e. The van der Waals surface area contributed by atoms with E-state index >= 15 is 0 Å². The van der Waals surface area contributed by atoms with Crippen molar-refractivity contribution in [1.82, 2.24) is 14.9 Å². The molecule has 0 saturated carbocycles. The summed E-state index contributed by atoms with van der Waals surface area (Å²) >= 11 is 7.91. The molecule has 2 aromatic heterocycles. The zero-order valence-electron chi connectivity index (χ0n) is 18.6. The second kappa shape index (κ2) is 9.55. The molecular weight excluding hydrogens is 456 g/mol. The lowest BCUT2D eigenvalue weighted by Gasteiger charge is -2.35. The number of nitrogens with zero attached hydrogens (tertiary/aromatic N) is 4. The van der Waals surface area contributed by atoms with Crippen LogP contribution in [0.4, 0.5) is 5.82 Å². The Balaban J connectivity index is 1.45. The molecule has 0 radical (unpaired) electrons. The SMILES string of the molecule is COc1ccc(-c2csc3nc(Cl)nc(N4CCN(Cc5ccccc5)CC4)c23)cc1OC. The third-order valence-corrected chi connectivity index (χ3v) is 7.04. The van der Waals surface area contributed by atoms with E-state index in [2.05, 4.69) is 55.5 Å². The van der Waals surface area contributed by atoms with Gasteiger partial charge in [-0.25, -0.2) is 4.98 Å². The van der Waals surface area contributed by atoms with Crippen LogP contribution in [0.5, 0.6) is 11.5 Å². The summed E-state index contributed by atoms with van der Waals surface area (Å²) in [5, 5.41) is 3.43. The first kappa shape index (κ1) is 21.9. The lowest BCUT2D eigenvalue weighted by molar-refractivity contribution is 0.249. The average molecular weight is 481 g/mol. The van der Waals surface area contributed by atoms with Crippen molar-refractivity contribution in [2.75, 3.05) is 45.3 Å². The van der Waals surface area contributed by atoms with E-state index in [-0.39, 0.29) is 5.28 Å². The minimum Gasteiger partial charge on any atom is -0.493 e. The van der Waals surface area contributed by atoms with Crippen molar-refractivity contribution in [3.8, 4) is 22.6 Å². The van der Waals surface area contributed by atoms with Gasteiger partial charge in [0, 0.05) is 43.7 Å². The predicted octanol–water partition coefficient (Wildman–Crippen LogP) is 5.35. The first-order valence-corrected chi connectivity index (χ1v) is 12.1. The van der Waals surface area contributed by atoms with Gasteiger partial charge in [0.2, 0.25) is 5.28 Å². The smallest absolute Gasteiger partial charge is 0.225 e. The zero-order valence-corrected chi connectivity index (χ0v) is 20.2. The van der Waals surface area contributed by atoms with Crippen LogP contribution in [0, 0.1) is 0 Å². The van der Waals surface area contributed by atoms with Gasteiger partial charge in [-0.1, -0.05) is 36.4 Å². The van der Waals surface area contributed by atoms with Gasteiger partial charge in [-0.3, -0.25) is 4.90 Å². The average Bonchev–Trinajstić information content (AvgIpc) is 3.28. The van der Waals surface area contributed by atoms with E-state index in [0.717, 1.165) is 59.9 Å². The van der Waals surface area contributed by atoms with E-state index in [1.165, 1.54) is 5.56 Å².